The molecule has 0 radical (unpaired) electrons. The van der Waals surface area contributed by atoms with E-state index in [0.717, 1.165) is 25.7 Å². The second kappa shape index (κ2) is 8.95. The van der Waals surface area contributed by atoms with Crippen LogP contribution < -0.4 is 14.8 Å². The molecule has 1 fully saturated rings. The van der Waals surface area contributed by atoms with Gasteiger partial charge in [0, 0.05) is 18.7 Å². The van der Waals surface area contributed by atoms with E-state index < -0.39 is 11.9 Å². The molecule has 1 aromatic rings. The lowest BCUT2D eigenvalue weighted by Crippen LogP contribution is -2.42. The molecule has 1 N–H and O–H groups in total. The molecule has 0 bridgehead atoms. The average molecular weight is 390 g/mol. The lowest BCUT2D eigenvalue weighted by Gasteiger charge is -2.33. The van der Waals surface area contributed by atoms with E-state index in [1.54, 1.807) is 30.1 Å². The molecule has 28 heavy (non-hydrogen) atoms. The smallest absolute Gasteiger partial charge is 0.325 e. The minimum atomic E-state index is -0.659. The summed E-state index contributed by atoms with van der Waals surface area (Å²) in [6, 6.07) is 4.97. The second-order valence-corrected chi connectivity index (χ2v) is 7.33. The lowest BCUT2D eigenvalue weighted by molar-refractivity contribution is -0.151. The van der Waals surface area contributed by atoms with Crippen LogP contribution in [0.15, 0.2) is 18.2 Å². The minimum absolute atomic E-state index is 0.120. The number of likely N-dealkylation sites (N-methyl/N-ethyl adjacent to an activating group) is 1. The van der Waals surface area contributed by atoms with Crippen molar-refractivity contribution in [2.24, 2.45) is 5.92 Å². The Morgan fingerprint density at radius 2 is 1.86 bits per heavy atom. The van der Waals surface area contributed by atoms with E-state index in [9.17, 15) is 14.4 Å². The van der Waals surface area contributed by atoms with Gasteiger partial charge in [-0.1, -0.05) is 6.92 Å². The number of nitrogens with one attached hydrogen (secondary N) is 1. The monoisotopic (exact) mass is 390 g/mol. The second-order valence-electron chi connectivity index (χ2n) is 7.33. The highest BCUT2D eigenvalue weighted by Gasteiger charge is 2.25. The molecule has 0 saturated heterocycles. The zero-order valence-corrected chi connectivity index (χ0v) is 16.2. The van der Waals surface area contributed by atoms with Crippen LogP contribution in [0.25, 0.3) is 0 Å². The van der Waals surface area contributed by atoms with Gasteiger partial charge in [0.2, 0.25) is 6.79 Å². The predicted octanol–water partition coefficient (Wildman–Crippen LogP) is 1.73. The molecule has 3 rings (SSSR count). The molecule has 8 nitrogen and oxygen atoms in total. The summed E-state index contributed by atoms with van der Waals surface area (Å²) in [6.07, 6.45) is 4.16. The number of nitrogens with zero attached hydrogens (tertiary/aromatic N) is 1. The number of hydrogen-bond donors (Lipinski definition) is 1. The van der Waals surface area contributed by atoms with Gasteiger partial charge in [-0.25, -0.2) is 0 Å². The number of amides is 2. The molecule has 1 saturated carbocycles. The van der Waals surface area contributed by atoms with Crippen molar-refractivity contribution in [3.63, 3.8) is 0 Å². The average Bonchev–Trinajstić information content (AvgIpc) is 3.18. The van der Waals surface area contributed by atoms with Crippen molar-refractivity contribution in [3.05, 3.63) is 23.8 Å². The zero-order chi connectivity index (χ0) is 20.1. The van der Waals surface area contributed by atoms with Gasteiger partial charge >= 0.3 is 5.97 Å². The van der Waals surface area contributed by atoms with E-state index >= 15 is 0 Å². The molecule has 8 heteroatoms. The molecule has 0 spiro atoms. The first-order valence-electron chi connectivity index (χ1n) is 9.53. The Balaban J connectivity index is 1.39. The molecule has 2 amide bonds. The van der Waals surface area contributed by atoms with Crippen LogP contribution in [0.1, 0.15) is 43.0 Å². The Hall–Kier alpha value is -2.77. The Labute approximate surface area is 164 Å². The van der Waals surface area contributed by atoms with Crippen LogP contribution in [0, 0.1) is 5.92 Å². The maximum atomic E-state index is 12.2. The first kappa shape index (κ1) is 20.0. The summed E-state index contributed by atoms with van der Waals surface area (Å²) in [4.78, 5) is 37.9. The maximum Gasteiger partial charge on any atom is 0.325 e. The van der Waals surface area contributed by atoms with Gasteiger partial charge in [0.25, 0.3) is 11.8 Å². The van der Waals surface area contributed by atoms with Crippen LogP contribution >= 0.6 is 0 Å². The molecule has 1 aromatic carbocycles. The van der Waals surface area contributed by atoms with Gasteiger partial charge in [-0.05, 0) is 49.8 Å². The Morgan fingerprint density at radius 1 is 1.14 bits per heavy atom. The number of carbonyl (C=O) groups is 3. The third-order valence-electron chi connectivity index (χ3n) is 5.31. The number of benzene rings is 1. The van der Waals surface area contributed by atoms with Crippen LogP contribution in [-0.4, -0.2) is 55.7 Å². The normalized spacial score (nSPS) is 20.4. The maximum absolute atomic E-state index is 12.2. The van der Waals surface area contributed by atoms with E-state index in [-0.39, 0.29) is 31.9 Å². The summed E-state index contributed by atoms with van der Waals surface area (Å²) in [7, 11) is 1.75. The fourth-order valence-corrected chi connectivity index (χ4v) is 3.42. The number of carbonyl (C=O) groups excluding carboxylic acids is 3. The molecule has 0 aromatic heterocycles. The van der Waals surface area contributed by atoms with Gasteiger partial charge in [-0.15, -0.1) is 0 Å². The summed E-state index contributed by atoms with van der Waals surface area (Å²) in [5.74, 6) is 0.441. The number of ether oxygens (including phenoxy) is 3. The third-order valence-corrected chi connectivity index (χ3v) is 5.31. The first-order chi connectivity index (χ1) is 13.4. The molecular formula is C20H26N2O6. The fourth-order valence-electron chi connectivity index (χ4n) is 3.42. The van der Waals surface area contributed by atoms with Gasteiger partial charge < -0.3 is 24.4 Å². The predicted molar refractivity (Wildman–Crippen MR) is 100 cm³/mol. The summed E-state index contributed by atoms with van der Waals surface area (Å²) in [6.45, 7) is 1.71. The van der Waals surface area contributed by atoms with Gasteiger partial charge in [0.1, 0.15) is 6.54 Å². The summed E-state index contributed by atoms with van der Waals surface area (Å²) < 4.78 is 15.4. The van der Waals surface area contributed by atoms with Crippen molar-refractivity contribution in [1.82, 2.24) is 10.2 Å². The van der Waals surface area contributed by atoms with Gasteiger partial charge in [0.05, 0.1) is 0 Å². The fraction of sp³-hybridized carbons (Fsp3) is 0.550. The highest BCUT2D eigenvalue weighted by Crippen LogP contribution is 2.32. The topological polar surface area (TPSA) is 94.2 Å². The number of fused-ring (bicyclic) bond motifs is 1. The zero-order valence-electron chi connectivity index (χ0n) is 16.2. The number of hydrogen-bond acceptors (Lipinski definition) is 6. The summed E-state index contributed by atoms with van der Waals surface area (Å²) >= 11 is 0. The van der Waals surface area contributed by atoms with E-state index in [0.29, 0.717) is 23.0 Å². The van der Waals surface area contributed by atoms with Crippen LogP contribution in [0.2, 0.25) is 0 Å². The number of rotatable bonds is 6. The summed E-state index contributed by atoms with van der Waals surface area (Å²) in [5.41, 5.74) is 0.347. The third kappa shape index (κ3) is 4.94. The van der Waals surface area contributed by atoms with Crippen LogP contribution in [0.3, 0.4) is 0 Å². The van der Waals surface area contributed by atoms with Gasteiger partial charge in [-0.2, -0.15) is 0 Å². The highest BCUT2D eigenvalue weighted by molar-refractivity contribution is 5.96. The molecular weight excluding hydrogens is 364 g/mol. The first-order valence-corrected chi connectivity index (χ1v) is 9.53. The quantitative estimate of drug-likeness (QED) is 0.744. The molecule has 2 aliphatic rings. The van der Waals surface area contributed by atoms with Gasteiger partial charge in [-0.3, -0.25) is 14.4 Å². The van der Waals surface area contributed by atoms with Gasteiger partial charge in [0.15, 0.2) is 18.1 Å². The SMILES string of the molecule is CC1CCC(N(C)C(=O)COC(=O)CNC(=O)c2ccc3c(c2)OCO3)CC1. The number of esters is 1. The van der Waals surface area contributed by atoms with Crippen LogP contribution in [0.4, 0.5) is 0 Å². The van der Waals surface area contributed by atoms with E-state index in [4.69, 9.17) is 14.2 Å². The molecule has 1 aliphatic carbocycles. The Bertz CT molecular complexity index is 742. The van der Waals surface area contributed by atoms with Crippen molar-refractivity contribution < 1.29 is 28.6 Å². The Kier molecular flexibility index (Phi) is 6.38. The van der Waals surface area contributed by atoms with E-state index in [1.807, 2.05) is 0 Å². The molecule has 1 aliphatic heterocycles. The summed E-state index contributed by atoms with van der Waals surface area (Å²) in [5, 5.41) is 2.48. The largest absolute Gasteiger partial charge is 0.454 e. The van der Waals surface area contributed by atoms with Crippen molar-refractivity contribution in [3.8, 4) is 11.5 Å². The highest BCUT2D eigenvalue weighted by atomic mass is 16.7. The van der Waals surface area contributed by atoms with Crippen molar-refractivity contribution in [2.75, 3.05) is 27.0 Å². The standard InChI is InChI=1S/C20H26N2O6/c1-13-3-6-15(7-4-13)22(2)18(23)11-26-19(24)10-21-20(25)14-5-8-16-17(9-14)28-12-27-16/h5,8-9,13,15H,3-4,6-7,10-12H2,1-2H3,(H,21,25). The van der Waals surface area contributed by atoms with Crippen molar-refractivity contribution in [1.29, 1.82) is 0 Å². The van der Waals surface area contributed by atoms with Crippen molar-refractivity contribution in [2.45, 2.75) is 38.6 Å². The molecule has 0 unspecified atom stereocenters. The van der Waals surface area contributed by atoms with E-state index in [1.165, 1.54) is 0 Å². The van der Waals surface area contributed by atoms with Crippen LogP contribution in [-0.2, 0) is 14.3 Å². The molecule has 1 heterocycles. The molecule has 152 valence electrons. The van der Waals surface area contributed by atoms with Crippen molar-refractivity contribution >= 4 is 17.8 Å². The minimum Gasteiger partial charge on any atom is -0.454 e. The lowest BCUT2D eigenvalue weighted by atomic mass is 9.87. The van der Waals surface area contributed by atoms with E-state index in [2.05, 4.69) is 12.2 Å². The molecule has 0 atom stereocenters. The van der Waals surface area contributed by atoms with Crippen LogP contribution in [0.5, 0.6) is 11.5 Å². The Morgan fingerprint density at radius 3 is 2.61 bits per heavy atom.